The lowest BCUT2D eigenvalue weighted by atomic mass is 10.2. The number of nitrogens with two attached hydrogens (primary N) is 1. The van der Waals surface area contributed by atoms with E-state index in [9.17, 15) is 10.1 Å². The second-order valence-corrected chi connectivity index (χ2v) is 3.93. The van der Waals surface area contributed by atoms with Crippen LogP contribution in [0.2, 0.25) is 0 Å². The largest absolute Gasteiger partial charge is 0.379 e. The third-order valence-corrected chi connectivity index (χ3v) is 2.65. The summed E-state index contributed by atoms with van der Waals surface area (Å²) in [6, 6.07) is 5.01. The van der Waals surface area contributed by atoms with Gasteiger partial charge in [-0.25, -0.2) is 0 Å². The van der Waals surface area contributed by atoms with Crippen molar-refractivity contribution in [3.63, 3.8) is 0 Å². The van der Waals surface area contributed by atoms with E-state index in [2.05, 4.69) is 10.7 Å². The quantitative estimate of drug-likeness (QED) is 0.400. The number of nitro groups is 1. The lowest BCUT2D eigenvalue weighted by molar-refractivity contribution is -0.383. The summed E-state index contributed by atoms with van der Waals surface area (Å²) in [7, 11) is 0. The van der Waals surface area contributed by atoms with Crippen molar-refractivity contribution < 1.29 is 4.92 Å². The Labute approximate surface area is 92.9 Å². The van der Waals surface area contributed by atoms with Crippen molar-refractivity contribution in [3.8, 4) is 0 Å². The van der Waals surface area contributed by atoms with Crippen LogP contribution in [0.3, 0.4) is 0 Å². The minimum Gasteiger partial charge on any atom is -0.379 e. The van der Waals surface area contributed by atoms with Crippen LogP contribution in [0.15, 0.2) is 18.2 Å². The molecule has 0 heterocycles. The highest BCUT2D eigenvalue weighted by molar-refractivity contribution is 5.75. The highest BCUT2D eigenvalue weighted by Gasteiger charge is 2.23. The van der Waals surface area contributed by atoms with Crippen LogP contribution in [-0.2, 0) is 0 Å². The molecule has 16 heavy (non-hydrogen) atoms. The fourth-order valence-corrected chi connectivity index (χ4v) is 1.58. The average molecular weight is 222 g/mol. The van der Waals surface area contributed by atoms with E-state index in [0.717, 1.165) is 6.54 Å². The zero-order valence-electron chi connectivity index (χ0n) is 8.77. The van der Waals surface area contributed by atoms with Crippen LogP contribution in [0.5, 0.6) is 0 Å². The van der Waals surface area contributed by atoms with Crippen molar-refractivity contribution in [1.82, 2.24) is 0 Å². The SMILES string of the molecule is NNc1cccc(NCC2CC2)c1[N+](=O)[O-]. The van der Waals surface area contributed by atoms with Gasteiger partial charge in [-0.15, -0.1) is 0 Å². The van der Waals surface area contributed by atoms with Crippen molar-refractivity contribution in [2.75, 3.05) is 17.3 Å². The molecule has 0 aromatic heterocycles. The Bertz CT molecular complexity index is 404. The van der Waals surface area contributed by atoms with E-state index in [4.69, 9.17) is 5.84 Å². The second kappa shape index (κ2) is 4.36. The van der Waals surface area contributed by atoms with Crippen LogP contribution in [0.1, 0.15) is 12.8 Å². The predicted octanol–water partition coefficient (Wildman–Crippen LogP) is 1.70. The van der Waals surface area contributed by atoms with Crippen molar-refractivity contribution in [2.45, 2.75) is 12.8 Å². The van der Waals surface area contributed by atoms with E-state index >= 15 is 0 Å². The molecular formula is C10H14N4O2. The molecule has 1 aromatic rings. The van der Waals surface area contributed by atoms with Gasteiger partial charge in [0.15, 0.2) is 0 Å². The average Bonchev–Trinajstić information content (AvgIpc) is 3.09. The van der Waals surface area contributed by atoms with Gasteiger partial charge in [0.2, 0.25) is 0 Å². The molecule has 1 aliphatic rings. The predicted molar refractivity (Wildman–Crippen MR) is 62.1 cm³/mol. The van der Waals surface area contributed by atoms with E-state index < -0.39 is 4.92 Å². The normalized spacial score (nSPS) is 14.6. The van der Waals surface area contributed by atoms with Gasteiger partial charge < -0.3 is 10.7 Å². The number of hydrogen-bond acceptors (Lipinski definition) is 5. The van der Waals surface area contributed by atoms with Gasteiger partial charge >= 0.3 is 5.69 Å². The number of nitrogens with one attached hydrogen (secondary N) is 2. The highest BCUT2D eigenvalue weighted by atomic mass is 16.6. The van der Waals surface area contributed by atoms with Gasteiger partial charge in [-0.1, -0.05) is 6.07 Å². The van der Waals surface area contributed by atoms with E-state index in [0.29, 0.717) is 17.3 Å². The second-order valence-electron chi connectivity index (χ2n) is 3.93. The zero-order valence-corrected chi connectivity index (χ0v) is 8.77. The molecule has 0 aliphatic heterocycles. The lowest BCUT2D eigenvalue weighted by Crippen LogP contribution is -2.11. The molecule has 0 spiro atoms. The Hall–Kier alpha value is -1.82. The molecule has 1 aromatic carbocycles. The summed E-state index contributed by atoms with van der Waals surface area (Å²) in [5.41, 5.74) is 3.19. The van der Waals surface area contributed by atoms with Gasteiger partial charge in [0.25, 0.3) is 0 Å². The molecule has 86 valence electrons. The first-order valence-electron chi connectivity index (χ1n) is 5.20. The summed E-state index contributed by atoms with van der Waals surface area (Å²) >= 11 is 0. The molecule has 0 radical (unpaired) electrons. The molecule has 0 atom stereocenters. The summed E-state index contributed by atoms with van der Waals surface area (Å²) < 4.78 is 0. The Morgan fingerprint density at radius 3 is 2.69 bits per heavy atom. The summed E-state index contributed by atoms with van der Waals surface area (Å²) in [6.45, 7) is 0.787. The first-order chi connectivity index (χ1) is 7.72. The van der Waals surface area contributed by atoms with Gasteiger partial charge in [0.05, 0.1) is 4.92 Å². The summed E-state index contributed by atoms with van der Waals surface area (Å²) in [5, 5.41) is 14.0. The fourth-order valence-electron chi connectivity index (χ4n) is 1.58. The zero-order chi connectivity index (χ0) is 11.5. The third kappa shape index (κ3) is 2.22. The van der Waals surface area contributed by atoms with E-state index in [1.165, 1.54) is 12.8 Å². The summed E-state index contributed by atoms with van der Waals surface area (Å²) in [4.78, 5) is 10.5. The number of para-hydroxylation sites is 1. The highest BCUT2D eigenvalue weighted by Crippen LogP contribution is 2.34. The van der Waals surface area contributed by atoms with Crippen molar-refractivity contribution in [1.29, 1.82) is 0 Å². The fraction of sp³-hybridized carbons (Fsp3) is 0.400. The van der Waals surface area contributed by atoms with Crippen LogP contribution in [0.25, 0.3) is 0 Å². The Balaban J connectivity index is 2.22. The number of nitro benzene ring substituents is 1. The minimum atomic E-state index is -0.426. The Morgan fingerprint density at radius 2 is 2.12 bits per heavy atom. The smallest absolute Gasteiger partial charge is 0.316 e. The monoisotopic (exact) mass is 222 g/mol. The molecule has 0 bridgehead atoms. The van der Waals surface area contributed by atoms with Gasteiger partial charge in [-0.05, 0) is 30.9 Å². The van der Waals surface area contributed by atoms with Gasteiger partial charge in [-0.2, -0.15) is 0 Å². The first-order valence-corrected chi connectivity index (χ1v) is 5.20. The topological polar surface area (TPSA) is 93.2 Å². The molecule has 1 aliphatic carbocycles. The Kier molecular flexibility index (Phi) is 2.91. The molecule has 1 saturated carbocycles. The van der Waals surface area contributed by atoms with Gasteiger partial charge in [0, 0.05) is 6.54 Å². The summed E-state index contributed by atoms with van der Waals surface area (Å²) in [6.07, 6.45) is 2.41. The standard InChI is InChI=1S/C10H14N4O2/c11-13-9-3-1-2-8(10(9)14(15)16)12-6-7-4-5-7/h1-3,7,12-13H,4-6,11H2. The molecule has 0 amide bonds. The number of hydrazine groups is 1. The van der Waals surface area contributed by atoms with Gasteiger partial charge in [-0.3, -0.25) is 16.0 Å². The molecule has 6 heteroatoms. The minimum absolute atomic E-state index is 0.00523. The third-order valence-electron chi connectivity index (χ3n) is 2.65. The van der Waals surface area contributed by atoms with E-state index in [1.807, 2.05) is 0 Å². The Morgan fingerprint density at radius 1 is 1.44 bits per heavy atom. The number of hydrogen-bond donors (Lipinski definition) is 3. The molecule has 2 rings (SSSR count). The molecule has 0 saturated heterocycles. The number of anilines is 2. The van der Waals surface area contributed by atoms with E-state index in [-0.39, 0.29) is 5.69 Å². The molecule has 6 nitrogen and oxygen atoms in total. The molecule has 4 N–H and O–H groups in total. The van der Waals surface area contributed by atoms with Gasteiger partial charge in [0.1, 0.15) is 11.4 Å². The summed E-state index contributed by atoms with van der Waals surface area (Å²) in [5.74, 6) is 5.90. The maximum atomic E-state index is 10.9. The molecular weight excluding hydrogens is 208 g/mol. The van der Waals surface area contributed by atoms with Crippen LogP contribution >= 0.6 is 0 Å². The van der Waals surface area contributed by atoms with Crippen LogP contribution < -0.4 is 16.6 Å². The first kappa shape index (κ1) is 10.7. The van der Waals surface area contributed by atoms with Crippen molar-refractivity contribution >= 4 is 17.1 Å². The molecule has 1 fully saturated rings. The van der Waals surface area contributed by atoms with Crippen molar-refractivity contribution in [2.24, 2.45) is 11.8 Å². The lowest BCUT2D eigenvalue weighted by Gasteiger charge is -2.09. The number of nitrogen functional groups attached to an aromatic ring is 1. The van der Waals surface area contributed by atoms with Crippen LogP contribution in [0.4, 0.5) is 17.1 Å². The van der Waals surface area contributed by atoms with E-state index in [1.54, 1.807) is 18.2 Å². The number of nitrogens with zero attached hydrogens (tertiary/aromatic N) is 1. The van der Waals surface area contributed by atoms with Crippen molar-refractivity contribution in [3.05, 3.63) is 28.3 Å². The number of benzene rings is 1. The maximum absolute atomic E-state index is 10.9. The van der Waals surface area contributed by atoms with Crippen LogP contribution in [0, 0.1) is 16.0 Å². The van der Waals surface area contributed by atoms with Crippen LogP contribution in [-0.4, -0.2) is 11.5 Å². The maximum Gasteiger partial charge on any atom is 0.316 e. The number of rotatable bonds is 5. The molecule has 0 unspecified atom stereocenters.